The van der Waals surface area contributed by atoms with Gasteiger partial charge in [0.25, 0.3) is 0 Å². The summed E-state index contributed by atoms with van der Waals surface area (Å²) in [5.41, 5.74) is 0.946. The summed E-state index contributed by atoms with van der Waals surface area (Å²) in [4.78, 5) is 18.1. The number of hydrogen-bond donors (Lipinski definition) is 2. The summed E-state index contributed by atoms with van der Waals surface area (Å²) in [6.07, 6.45) is 0.958. The van der Waals surface area contributed by atoms with Crippen molar-refractivity contribution in [2.75, 3.05) is 13.1 Å². The topological polar surface area (TPSA) is 73.7 Å². The third-order valence-corrected chi connectivity index (χ3v) is 4.40. The van der Waals surface area contributed by atoms with Crippen molar-refractivity contribution in [3.8, 4) is 0 Å². The highest BCUT2D eigenvalue weighted by atomic mass is 16.4. The molecular formula is C16H24N2O3. The van der Waals surface area contributed by atoms with Gasteiger partial charge >= 0.3 is 5.97 Å². The highest BCUT2D eigenvalue weighted by Crippen LogP contribution is 2.37. The van der Waals surface area contributed by atoms with E-state index in [0.29, 0.717) is 32.5 Å². The molecule has 21 heavy (non-hydrogen) atoms. The van der Waals surface area contributed by atoms with Gasteiger partial charge in [0.15, 0.2) is 0 Å². The second-order valence-corrected chi connectivity index (χ2v) is 5.98. The summed E-state index contributed by atoms with van der Waals surface area (Å²) in [6, 6.07) is 5.88. The van der Waals surface area contributed by atoms with Crippen LogP contribution in [-0.2, 0) is 11.3 Å². The molecule has 116 valence electrons. The number of carboxylic acids is 1. The largest absolute Gasteiger partial charge is 0.481 e. The molecule has 0 aliphatic carbocycles. The highest BCUT2D eigenvalue weighted by Gasteiger charge is 2.47. The van der Waals surface area contributed by atoms with Crippen LogP contribution < -0.4 is 0 Å². The van der Waals surface area contributed by atoms with Crippen LogP contribution in [0.5, 0.6) is 0 Å². The van der Waals surface area contributed by atoms with Gasteiger partial charge in [-0.1, -0.05) is 19.4 Å². The first kappa shape index (κ1) is 15.9. The fourth-order valence-electron chi connectivity index (χ4n) is 3.19. The lowest BCUT2D eigenvalue weighted by atomic mass is 9.73. The number of rotatable bonds is 5. The molecule has 5 nitrogen and oxygen atoms in total. The van der Waals surface area contributed by atoms with E-state index in [4.69, 9.17) is 0 Å². The van der Waals surface area contributed by atoms with Gasteiger partial charge < -0.3 is 10.2 Å². The molecule has 0 unspecified atom stereocenters. The van der Waals surface area contributed by atoms with Crippen molar-refractivity contribution >= 4 is 5.97 Å². The van der Waals surface area contributed by atoms with E-state index in [0.717, 1.165) is 17.8 Å². The Kier molecular flexibility index (Phi) is 4.96. The zero-order valence-electron chi connectivity index (χ0n) is 12.7. The van der Waals surface area contributed by atoms with Crippen molar-refractivity contribution in [2.45, 2.75) is 45.8 Å². The van der Waals surface area contributed by atoms with Crippen molar-refractivity contribution in [3.63, 3.8) is 0 Å². The predicted molar refractivity (Wildman–Crippen MR) is 79.9 cm³/mol. The number of hydrogen-bond acceptors (Lipinski definition) is 4. The molecule has 2 N–H and O–H groups in total. The van der Waals surface area contributed by atoms with Crippen LogP contribution in [0.2, 0.25) is 0 Å². The average molecular weight is 292 g/mol. The maximum absolute atomic E-state index is 11.6. The fourth-order valence-corrected chi connectivity index (χ4v) is 3.19. The standard InChI is InChI=1S/C16H24N2O3/c1-3-7-16(15(20)21)8-9-18(11-14(16)19)10-13-6-4-5-12(2)17-13/h4-6,14,19H,3,7-11H2,1-2H3,(H,20,21)/t14-,16-/m0/s1. The first-order valence-corrected chi connectivity index (χ1v) is 7.54. The van der Waals surface area contributed by atoms with Crippen LogP contribution in [-0.4, -0.2) is 45.3 Å². The van der Waals surface area contributed by atoms with Crippen molar-refractivity contribution < 1.29 is 15.0 Å². The predicted octanol–water partition coefficient (Wildman–Crippen LogP) is 1.83. The number of aliphatic hydroxyl groups excluding tert-OH is 1. The molecule has 0 bridgehead atoms. The van der Waals surface area contributed by atoms with Gasteiger partial charge in [0.1, 0.15) is 0 Å². The van der Waals surface area contributed by atoms with E-state index >= 15 is 0 Å². The maximum atomic E-state index is 11.6. The van der Waals surface area contributed by atoms with E-state index < -0.39 is 17.5 Å². The van der Waals surface area contributed by atoms with Crippen molar-refractivity contribution in [1.29, 1.82) is 0 Å². The lowest BCUT2D eigenvalue weighted by Gasteiger charge is -2.42. The number of carbonyl (C=O) groups is 1. The van der Waals surface area contributed by atoms with Gasteiger partial charge in [-0.15, -0.1) is 0 Å². The van der Waals surface area contributed by atoms with Gasteiger partial charge in [-0.05, 0) is 38.4 Å². The average Bonchev–Trinajstić information content (AvgIpc) is 2.42. The zero-order valence-corrected chi connectivity index (χ0v) is 12.7. The monoisotopic (exact) mass is 292 g/mol. The molecule has 1 aromatic heterocycles. The van der Waals surface area contributed by atoms with Crippen LogP contribution in [0.15, 0.2) is 18.2 Å². The van der Waals surface area contributed by atoms with Crippen LogP contribution in [0, 0.1) is 12.3 Å². The van der Waals surface area contributed by atoms with Crippen LogP contribution >= 0.6 is 0 Å². The summed E-state index contributed by atoms with van der Waals surface area (Å²) in [5, 5.41) is 19.9. The summed E-state index contributed by atoms with van der Waals surface area (Å²) >= 11 is 0. The lowest BCUT2D eigenvalue weighted by Crippen LogP contribution is -2.54. The molecular weight excluding hydrogens is 268 g/mol. The maximum Gasteiger partial charge on any atom is 0.312 e. The van der Waals surface area contributed by atoms with E-state index in [9.17, 15) is 15.0 Å². The molecule has 1 saturated heterocycles. The molecule has 0 aromatic carbocycles. The molecule has 0 spiro atoms. The molecule has 0 saturated carbocycles. The van der Waals surface area contributed by atoms with Gasteiger partial charge in [-0.2, -0.15) is 0 Å². The SMILES string of the molecule is CCC[C@]1(C(=O)O)CCN(Cc2cccc(C)n2)C[C@@H]1O. The van der Waals surface area contributed by atoms with E-state index in [2.05, 4.69) is 9.88 Å². The first-order valence-electron chi connectivity index (χ1n) is 7.54. The number of piperidine rings is 1. The van der Waals surface area contributed by atoms with E-state index in [1.54, 1.807) is 0 Å². The van der Waals surface area contributed by atoms with Gasteiger partial charge in [0.05, 0.1) is 17.2 Å². The van der Waals surface area contributed by atoms with Gasteiger partial charge in [-0.25, -0.2) is 0 Å². The number of carboxylic acid groups (broad SMARTS) is 1. The molecule has 0 radical (unpaired) electrons. The Hall–Kier alpha value is -1.46. The van der Waals surface area contributed by atoms with E-state index in [1.807, 2.05) is 32.0 Å². The Labute approximate surface area is 125 Å². The minimum Gasteiger partial charge on any atom is -0.481 e. The first-order chi connectivity index (χ1) is 9.98. The van der Waals surface area contributed by atoms with Crippen molar-refractivity contribution in [2.24, 2.45) is 5.41 Å². The Morgan fingerprint density at radius 3 is 2.86 bits per heavy atom. The van der Waals surface area contributed by atoms with Crippen molar-refractivity contribution in [1.82, 2.24) is 9.88 Å². The Balaban J connectivity index is 2.04. The minimum absolute atomic E-state index is 0.391. The normalized spacial score (nSPS) is 26.7. The number of aliphatic carboxylic acids is 1. The molecule has 2 heterocycles. The molecule has 1 aliphatic heterocycles. The van der Waals surface area contributed by atoms with Gasteiger partial charge in [-0.3, -0.25) is 14.7 Å². The molecule has 2 atom stereocenters. The third kappa shape index (κ3) is 3.41. The smallest absolute Gasteiger partial charge is 0.312 e. The number of likely N-dealkylation sites (tertiary alicyclic amines) is 1. The summed E-state index contributed by atoms with van der Waals surface area (Å²) in [5.74, 6) is -0.870. The number of aromatic nitrogens is 1. The van der Waals surface area contributed by atoms with Gasteiger partial charge in [0.2, 0.25) is 0 Å². The number of nitrogens with zero attached hydrogens (tertiary/aromatic N) is 2. The Bertz CT molecular complexity index is 506. The Morgan fingerprint density at radius 2 is 2.29 bits per heavy atom. The van der Waals surface area contributed by atoms with E-state index in [1.165, 1.54) is 0 Å². The lowest BCUT2D eigenvalue weighted by molar-refractivity contribution is -0.164. The number of aryl methyl sites for hydroxylation is 1. The van der Waals surface area contributed by atoms with Crippen LogP contribution in [0.4, 0.5) is 0 Å². The summed E-state index contributed by atoms with van der Waals surface area (Å²) < 4.78 is 0. The Morgan fingerprint density at radius 1 is 1.52 bits per heavy atom. The summed E-state index contributed by atoms with van der Waals surface area (Å²) in [7, 11) is 0. The minimum atomic E-state index is -0.981. The molecule has 1 aromatic rings. The van der Waals surface area contributed by atoms with Gasteiger partial charge in [0, 0.05) is 18.8 Å². The van der Waals surface area contributed by atoms with Crippen molar-refractivity contribution in [3.05, 3.63) is 29.6 Å². The third-order valence-electron chi connectivity index (χ3n) is 4.40. The van der Waals surface area contributed by atoms with Crippen LogP contribution in [0.25, 0.3) is 0 Å². The molecule has 1 fully saturated rings. The molecule has 5 heteroatoms. The fraction of sp³-hybridized carbons (Fsp3) is 0.625. The second-order valence-electron chi connectivity index (χ2n) is 5.98. The van der Waals surface area contributed by atoms with Crippen LogP contribution in [0.3, 0.4) is 0 Å². The number of β-amino-alcohol motifs (C(OH)–C–C–N with tert-alkyl or cyclic N) is 1. The summed E-state index contributed by atoms with van der Waals surface area (Å²) in [6.45, 7) is 5.63. The molecule has 1 aliphatic rings. The van der Waals surface area contributed by atoms with Crippen LogP contribution in [0.1, 0.15) is 37.6 Å². The quantitative estimate of drug-likeness (QED) is 0.866. The van der Waals surface area contributed by atoms with E-state index in [-0.39, 0.29) is 0 Å². The number of pyridine rings is 1. The highest BCUT2D eigenvalue weighted by molar-refractivity contribution is 5.75. The number of aliphatic hydroxyl groups is 1. The second kappa shape index (κ2) is 6.54. The molecule has 2 rings (SSSR count). The zero-order chi connectivity index (χ0) is 15.5. The molecule has 0 amide bonds.